The van der Waals surface area contributed by atoms with Crippen LogP contribution in [0.5, 0.6) is 5.75 Å². The van der Waals surface area contributed by atoms with Crippen molar-refractivity contribution < 1.29 is 23.0 Å². The monoisotopic (exact) mass is 531 g/mol. The summed E-state index contributed by atoms with van der Waals surface area (Å²) >= 11 is 12.3. The zero-order chi connectivity index (χ0) is 25.9. The van der Waals surface area contributed by atoms with Crippen molar-refractivity contribution in [2.45, 2.75) is 19.4 Å². The maximum absolute atomic E-state index is 15.8. The molecule has 0 radical (unpaired) electrons. The fourth-order valence-electron chi connectivity index (χ4n) is 3.65. The molecule has 0 aliphatic carbocycles. The lowest BCUT2D eigenvalue weighted by molar-refractivity contribution is 0.0315. The lowest BCUT2D eigenvalue weighted by Crippen LogP contribution is -2.23. The highest BCUT2D eigenvalue weighted by Crippen LogP contribution is 2.40. The van der Waals surface area contributed by atoms with Crippen molar-refractivity contribution in [3.05, 3.63) is 99.3 Å². The third-order valence-corrected chi connectivity index (χ3v) is 6.04. The van der Waals surface area contributed by atoms with Crippen LogP contribution in [-0.2, 0) is 17.2 Å². The standard InChI is InChI=1S/C26H21Cl2F2N3O3/c1-3-36-25(34)23-24(31-32-33(23)15-16-4-11-20(35-2)12-5-16)26(29,30)18-8-13-21(22(28)14-18)17-6-9-19(27)10-7-17/h4-14H,3,15H2,1-2H3. The second-order valence-electron chi connectivity index (χ2n) is 7.79. The molecule has 0 aliphatic heterocycles. The maximum atomic E-state index is 15.8. The first kappa shape index (κ1) is 25.6. The fourth-order valence-corrected chi connectivity index (χ4v) is 4.07. The van der Waals surface area contributed by atoms with Gasteiger partial charge in [-0.3, -0.25) is 0 Å². The normalized spacial score (nSPS) is 11.4. The zero-order valence-electron chi connectivity index (χ0n) is 19.3. The van der Waals surface area contributed by atoms with Gasteiger partial charge < -0.3 is 9.47 Å². The molecule has 4 rings (SSSR count). The van der Waals surface area contributed by atoms with Crippen molar-refractivity contribution in [1.29, 1.82) is 0 Å². The number of hydrogen-bond donors (Lipinski definition) is 0. The lowest BCUT2D eigenvalue weighted by Gasteiger charge is -2.17. The van der Waals surface area contributed by atoms with E-state index in [0.29, 0.717) is 21.9 Å². The second kappa shape index (κ2) is 10.6. The Morgan fingerprint density at radius 1 is 1.03 bits per heavy atom. The number of benzene rings is 3. The summed E-state index contributed by atoms with van der Waals surface area (Å²) < 4.78 is 42.8. The van der Waals surface area contributed by atoms with Crippen molar-refractivity contribution in [2.75, 3.05) is 13.7 Å². The van der Waals surface area contributed by atoms with Crippen LogP contribution in [0.4, 0.5) is 8.78 Å². The summed E-state index contributed by atoms with van der Waals surface area (Å²) in [5, 5.41) is 8.20. The highest BCUT2D eigenvalue weighted by Gasteiger charge is 2.43. The minimum absolute atomic E-state index is 0.000816. The molecule has 4 aromatic rings. The number of nitrogens with zero attached hydrogens (tertiary/aromatic N) is 3. The number of carbonyl (C=O) groups excluding carboxylic acids is 1. The van der Waals surface area contributed by atoms with Crippen molar-refractivity contribution in [1.82, 2.24) is 15.0 Å². The van der Waals surface area contributed by atoms with Gasteiger partial charge in [0.25, 0.3) is 0 Å². The predicted octanol–water partition coefficient (Wildman–Crippen LogP) is 6.63. The van der Waals surface area contributed by atoms with Gasteiger partial charge >= 0.3 is 11.9 Å². The number of hydrogen-bond acceptors (Lipinski definition) is 5. The number of alkyl halides is 2. The first-order valence-electron chi connectivity index (χ1n) is 10.9. The number of methoxy groups -OCH3 is 1. The number of aromatic nitrogens is 3. The van der Waals surface area contributed by atoms with E-state index >= 15 is 8.78 Å². The first-order valence-corrected chi connectivity index (χ1v) is 11.7. The van der Waals surface area contributed by atoms with E-state index in [1.54, 1.807) is 55.5 Å². The summed E-state index contributed by atoms with van der Waals surface area (Å²) in [5.74, 6) is -3.99. The number of ether oxygens (including phenoxy) is 2. The van der Waals surface area contributed by atoms with Crippen LogP contribution >= 0.6 is 23.2 Å². The predicted molar refractivity (Wildman–Crippen MR) is 133 cm³/mol. The number of rotatable bonds is 8. The molecular formula is C26H21Cl2F2N3O3. The molecule has 0 saturated carbocycles. The molecule has 0 saturated heterocycles. The maximum Gasteiger partial charge on any atom is 0.358 e. The van der Waals surface area contributed by atoms with Gasteiger partial charge in [-0.1, -0.05) is 64.8 Å². The van der Waals surface area contributed by atoms with Gasteiger partial charge in [0.1, 0.15) is 5.75 Å². The Bertz CT molecular complexity index is 1370. The Morgan fingerprint density at radius 2 is 1.72 bits per heavy atom. The molecule has 0 aliphatic rings. The molecule has 0 fully saturated rings. The molecular weight excluding hydrogens is 511 g/mol. The minimum Gasteiger partial charge on any atom is -0.497 e. The van der Waals surface area contributed by atoms with Crippen LogP contribution in [0.3, 0.4) is 0 Å². The van der Waals surface area contributed by atoms with Gasteiger partial charge in [-0.25, -0.2) is 9.48 Å². The SMILES string of the molecule is CCOC(=O)c1c(C(F)(F)c2ccc(-c3ccc(Cl)cc3)c(Cl)c2)nnn1Cc1ccc(OC)cc1. The molecule has 10 heteroatoms. The number of carbonyl (C=O) groups is 1. The summed E-state index contributed by atoms with van der Waals surface area (Å²) in [5.41, 5.74) is 0.294. The third-order valence-electron chi connectivity index (χ3n) is 5.48. The summed E-state index contributed by atoms with van der Waals surface area (Å²) in [4.78, 5) is 12.7. The van der Waals surface area contributed by atoms with Crippen LogP contribution in [0, 0.1) is 0 Å². The van der Waals surface area contributed by atoms with Crippen molar-refractivity contribution >= 4 is 29.2 Å². The highest BCUT2D eigenvalue weighted by molar-refractivity contribution is 6.33. The quantitative estimate of drug-likeness (QED) is 0.239. The molecule has 0 unspecified atom stereocenters. The van der Waals surface area contributed by atoms with Crippen molar-refractivity contribution in [2.24, 2.45) is 0 Å². The van der Waals surface area contributed by atoms with Crippen LogP contribution in [0.1, 0.15) is 34.2 Å². The van der Waals surface area contributed by atoms with E-state index in [1.165, 1.54) is 19.2 Å². The minimum atomic E-state index is -3.68. The molecule has 0 atom stereocenters. The second-order valence-corrected chi connectivity index (χ2v) is 8.63. The molecule has 0 amide bonds. The summed E-state index contributed by atoms with van der Waals surface area (Å²) in [7, 11) is 1.54. The molecule has 0 N–H and O–H groups in total. The Balaban J connectivity index is 1.72. The van der Waals surface area contributed by atoms with E-state index in [1.807, 2.05) is 0 Å². The number of halogens is 4. The van der Waals surface area contributed by atoms with E-state index < -0.39 is 28.8 Å². The van der Waals surface area contributed by atoms with E-state index in [9.17, 15) is 4.79 Å². The Labute approximate surface area is 216 Å². The molecule has 1 heterocycles. The average molecular weight is 532 g/mol. The smallest absolute Gasteiger partial charge is 0.358 e. The Morgan fingerprint density at radius 3 is 2.33 bits per heavy atom. The van der Waals surface area contributed by atoms with Gasteiger partial charge in [-0.2, -0.15) is 8.78 Å². The van der Waals surface area contributed by atoms with Gasteiger partial charge in [-0.15, -0.1) is 5.10 Å². The van der Waals surface area contributed by atoms with Crippen molar-refractivity contribution in [3.63, 3.8) is 0 Å². The summed E-state index contributed by atoms with van der Waals surface area (Å²) in [6, 6.07) is 17.6. The van der Waals surface area contributed by atoms with Crippen LogP contribution in [0.25, 0.3) is 11.1 Å². The fraction of sp³-hybridized carbons (Fsp3) is 0.192. The van der Waals surface area contributed by atoms with E-state index in [4.69, 9.17) is 32.7 Å². The van der Waals surface area contributed by atoms with E-state index in [-0.39, 0.29) is 18.2 Å². The van der Waals surface area contributed by atoms with Gasteiger partial charge in [-0.05, 0) is 48.4 Å². The van der Waals surface area contributed by atoms with Gasteiger partial charge in [0.2, 0.25) is 0 Å². The van der Waals surface area contributed by atoms with Crippen LogP contribution in [0.2, 0.25) is 10.0 Å². The molecule has 0 bridgehead atoms. The van der Waals surface area contributed by atoms with Gasteiger partial charge in [0.05, 0.1) is 20.3 Å². The first-order chi connectivity index (χ1) is 17.2. The average Bonchev–Trinajstić information content (AvgIpc) is 3.30. The third kappa shape index (κ3) is 5.20. The van der Waals surface area contributed by atoms with Crippen LogP contribution in [0.15, 0.2) is 66.7 Å². The van der Waals surface area contributed by atoms with E-state index in [0.717, 1.165) is 16.3 Å². The lowest BCUT2D eigenvalue weighted by atomic mass is 9.99. The molecule has 1 aromatic heterocycles. The molecule has 6 nitrogen and oxygen atoms in total. The van der Waals surface area contributed by atoms with Gasteiger partial charge in [0, 0.05) is 21.2 Å². The topological polar surface area (TPSA) is 66.2 Å². The largest absolute Gasteiger partial charge is 0.497 e. The zero-order valence-corrected chi connectivity index (χ0v) is 20.9. The summed E-state index contributed by atoms with van der Waals surface area (Å²) in [6.07, 6.45) is 0. The summed E-state index contributed by atoms with van der Waals surface area (Å²) in [6.45, 7) is 1.61. The molecule has 36 heavy (non-hydrogen) atoms. The molecule has 186 valence electrons. The Kier molecular flexibility index (Phi) is 7.56. The number of esters is 1. The van der Waals surface area contributed by atoms with Crippen LogP contribution in [-0.4, -0.2) is 34.7 Å². The van der Waals surface area contributed by atoms with E-state index in [2.05, 4.69) is 10.3 Å². The highest BCUT2D eigenvalue weighted by atomic mass is 35.5. The van der Waals surface area contributed by atoms with Crippen molar-refractivity contribution in [3.8, 4) is 16.9 Å². The van der Waals surface area contributed by atoms with Gasteiger partial charge in [0.15, 0.2) is 11.4 Å². The molecule has 0 spiro atoms. The Hall–Kier alpha value is -3.49. The van der Waals surface area contributed by atoms with Crippen LogP contribution < -0.4 is 4.74 Å². The molecule has 3 aromatic carbocycles.